The molecular formula is C24H33N3O3S. The highest BCUT2D eigenvalue weighted by molar-refractivity contribution is 7.88. The van der Waals surface area contributed by atoms with E-state index in [0.29, 0.717) is 5.92 Å². The van der Waals surface area contributed by atoms with Gasteiger partial charge in [0.2, 0.25) is 15.9 Å². The average Bonchev–Trinajstić information content (AvgIpc) is 2.73. The van der Waals surface area contributed by atoms with Crippen molar-refractivity contribution < 1.29 is 13.2 Å². The number of carbonyl (C=O) groups is 1. The van der Waals surface area contributed by atoms with Crippen molar-refractivity contribution in [3.8, 4) is 0 Å². The number of amides is 1. The lowest BCUT2D eigenvalue weighted by Gasteiger charge is -2.33. The average molecular weight is 444 g/mol. The molecule has 6 nitrogen and oxygen atoms in total. The van der Waals surface area contributed by atoms with Crippen LogP contribution in [0.5, 0.6) is 0 Å². The lowest BCUT2D eigenvalue weighted by atomic mass is 9.99. The summed E-state index contributed by atoms with van der Waals surface area (Å²) >= 11 is 0. The van der Waals surface area contributed by atoms with Gasteiger partial charge in [-0.1, -0.05) is 49.4 Å². The third-order valence-corrected chi connectivity index (χ3v) is 6.98. The Morgan fingerprint density at radius 1 is 1.16 bits per heavy atom. The van der Waals surface area contributed by atoms with Gasteiger partial charge in [0.05, 0.1) is 18.8 Å². The summed E-state index contributed by atoms with van der Waals surface area (Å²) in [5.74, 6) is 0.392. The van der Waals surface area contributed by atoms with Gasteiger partial charge in [-0.05, 0) is 48.9 Å². The zero-order valence-electron chi connectivity index (χ0n) is 18.6. The molecule has 31 heavy (non-hydrogen) atoms. The topological polar surface area (TPSA) is 69.7 Å². The molecule has 7 heteroatoms. The second kappa shape index (κ2) is 10.3. The highest BCUT2D eigenvalue weighted by Gasteiger charge is 2.22. The smallest absolute Gasteiger partial charge is 0.235 e. The summed E-state index contributed by atoms with van der Waals surface area (Å²) in [4.78, 5) is 15.0. The number of benzene rings is 2. The summed E-state index contributed by atoms with van der Waals surface area (Å²) in [6.07, 6.45) is 3.63. The Morgan fingerprint density at radius 2 is 1.84 bits per heavy atom. The van der Waals surface area contributed by atoms with Crippen molar-refractivity contribution in [3.05, 3.63) is 65.7 Å². The van der Waals surface area contributed by atoms with Crippen LogP contribution in [0.25, 0.3) is 0 Å². The lowest BCUT2D eigenvalue weighted by Crippen LogP contribution is -2.40. The van der Waals surface area contributed by atoms with Gasteiger partial charge >= 0.3 is 0 Å². The molecule has 0 aromatic heterocycles. The molecule has 1 N–H and O–H groups in total. The molecule has 0 aliphatic carbocycles. The zero-order valence-corrected chi connectivity index (χ0v) is 19.4. The Labute approximate surface area is 186 Å². The minimum Gasteiger partial charge on any atom is -0.371 e. The molecule has 0 spiro atoms. The minimum atomic E-state index is -3.51. The number of nitrogens with one attached hydrogen (secondary N) is 1. The summed E-state index contributed by atoms with van der Waals surface area (Å²) in [7, 11) is -3.51. The van der Waals surface area contributed by atoms with Gasteiger partial charge in [0.15, 0.2) is 0 Å². The van der Waals surface area contributed by atoms with Crippen LogP contribution in [0.15, 0.2) is 54.6 Å². The molecule has 1 heterocycles. The van der Waals surface area contributed by atoms with Gasteiger partial charge in [-0.3, -0.25) is 4.79 Å². The normalized spacial score (nSPS) is 18.1. The molecule has 0 saturated carbocycles. The van der Waals surface area contributed by atoms with E-state index in [1.54, 1.807) is 0 Å². The predicted octanol–water partition coefficient (Wildman–Crippen LogP) is 3.56. The highest BCUT2D eigenvalue weighted by atomic mass is 32.2. The van der Waals surface area contributed by atoms with Crippen LogP contribution in [-0.2, 0) is 21.4 Å². The third-order valence-electron chi connectivity index (χ3n) is 5.78. The van der Waals surface area contributed by atoms with Crippen molar-refractivity contribution >= 4 is 21.6 Å². The third kappa shape index (κ3) is 6.80. The van der Waals surface area contributed by atoms with Crippen LogP contribution in [-0.4, -0.2) is 44.5 Å². The lowest BCUT2D eigenvalue weighted by molar-refractivity contribution is -0.122. The Balaban J connectivity index is 1.59. The van der Waals surface area contributed by atoms with E-state index < -0.39 is 10.0 Å². The van der Waals surface area contributed by atoms with Gasteiger partial charge in [0.25, 0.3) is 0 Å². The molecule has 1 amide bonds. The standard InChI is InChI=1S/C24H33N3O3S/c1-19-8-7-15-26(16-19)23-13-11-22(12-14-23)20(2)25-24(28)18-27(31(3,29)30)17-21-9-5-4-6-10-21/h4-6,9-14,19-20H,7-8,15-18H2,1-3H3,(H,25,28). The van der Waals surface area contributed by atoms with Crippen molar-refractivity contribution in [2.45, 2.75) is 39.3 Å². The maximum atomic E-state index is 12.6. The molecule has 168 valence electrons. The van der Waals surface area contributed by atoms with Crippen molar-refractivity contribution in [1.29, 1.82) is 0 Å². The number of hydrogen-bond donors (Lipinski definition) is 1. The summed E-state index contributed by atoms with van der Waals surface area (Å²) < 4.78 is 25.6. The van der Waals surface area contributed by atoms with Crippen LogP contribution >= 0.6 is 0 Å². The second-order valence-corrected chi connectivity index (χ2v) is 10.6. The molecular weight excluding hydrogens is 410 g/mol. The summed E-state index contributed by atoms with van der Waals surface area (Å²) in [5.41, 5.74) is 3.05. The van der Waals surface area contributed by atoms with E-state index >= 15 is 0 Å². The molecule has 3 rings (SSSR count). The van der Waals surface area contributed by atoms with E-state index in [1.165, 1.54) is 22.8 Å². The van der Waals surface area contributed by atoms with Crippen LogP contribution in [0.2, 0.25) is 0 Å². The Hall–Kier alpha value is -2.38. The van der Waals surface area contributed by atoms with Gasteiger partial charge < -0.3 is 10.2 Å². The van der Waals surface area contributed by atoms with E-state index in [9.17, 15) is 13.2 Å². The highest BCUT2D eigenvalue weighted by Crippen LogP contribution is 2.24. The Morgan fingerprint density at radius 3 is 2.45 bits per heavy atom. The molecule has 2 aromatic rings. The molecule has 1 fully saturated rings. The predicted molar refractivity (Wildman–Crippen MR) is 125 cm³/mol. The second-order valence-electron chi connectivity index (χ2n) is 8.59. The van der Waals surface area contributed by atoms with E-state index in [1.807, 2.05) is 49.4 Å². The first kappa shape index (κ1) is 23.3. The fraction of sp³-hybridized carbons (Fsp3) is 0.458. The van der Waals surface area contributed by atoms with Crippen molar-refractivity contribution in [3.63, 3.8) is 0 Å². The maximum absolute atomic E-state index is 12.6. The number of sulfonamides is 1. The van der Waals surface area contributed by atoms with Gasteiger partial charge in [0.1, 0.15) is 0 Å². The largest absolute Gasteiger partial charge is 0.371 e. The first-order valence-electron chi connectivity index (χ1n) is 10.9. The fourth-order valence-corrected chi connectivity index (χ4v) is 4.74. The molecule has 0 bridgehead atoms. The van der Waals surface area contributed by atoms with E-state index in [2.05, 4.69) is 29.3 Å². The molecule has 2 atom stereocenters. The van der Waals surface area contributed by atoms with Gasteiger partial charge in [0, 0.05) is 25.3 Å². The van der Waals surface area contributed by atoms with Gasteiger partial charge in [-0.25, -0.2) is 8.42 Å². The van der Waals surface area contributed by atoms with Crippen LogP contribution < -0.4 is 10.2 Å². The monoisotopic (exact) mass is 443 g/mol. The summed E-state index contributed by atoms with van der Waals surface area (Å²) in [6, 6.07) is 17.4. The Kier molecular flexibility index (Phi) is 7.73. The van der Waals surface area contributed by atoms with Crippen LogP contribution in [0.4, 0.5) is 5.69 Å². The van der Waals surface area contributed by atoms with E-state index in [0.717, 1.165) is 30.5 Å². The van der Waals surface area contributed by atoms with Gasteiger partial charge in [-0.15, -0.1) is 0 Å². The fourth-order valence-electron chi connectivity index (χ4n) is 4.01. The molecule has 2 unspecified atom stereocenters. The SMILES string of the molecule is CC1CCCN(c2ccc(C(C)NC(=O)CN(Cc3ccccc3)S(C)(=O)=O)cc2)C1. The molecule has 2 aromatic carbocycles. The van der Waals surface area contributed by atoms with Crippen LogP contribution in [0.1, 0.15) is 43.9 Å². The Bertz CT molecular complexity index is 961. The molecule has 0 radical (unpaired) electrons. The van der Waals surface area contributed by atoms with Crippen molar-refractivity contribution in [1.82, 2.24) is 9.62 Å². The number of carbonyl (C=O) groups excluding carboxylic acids is 1. The quantitative estimate of drug-likeness (QED) is 0.677. The van der Waals surface area contributed by atoms with E-state index in [4.69, 9.17) is 0 Å². The van der Waals surface area contributed by atoms with Crippen LogP contribution in [0.3, 0.4) is 0 Å². The maximum Gasteiger partial charge on any atom is 0.235 e. The number of rotatable bonds is 8. The number of hydrogen-bond acceptors (Lipinski definition) is 4. The van der Waals surface area contributed by atoms with Crippen molar-refractivity contribution in [2.75, 3.05) is 30.8 Å². The molecule has 1 aliphatic rings. The summed E-state index contributed by atoms with van der Waals surface area (Å²) in [5, 5.41) is 2.93. The molecule has 1 aliphatic heterocycles. The minimum absolute atomic E-state index is 0.171. The number of piperidine rings is 1. The summed E-state index contributed by atoms with van der Waals surface area (Å²) in [6.45, 7) is 6.33. The zero-order chi connectivity index (χ0) is 22.4. The van der Waals surface area contributed by atoms with E-state index in [-0.39, 0.29) is 25.0 Å². The van der Waals surface area contributed by atoms with Crippen LogP contribution in [0, 0.1) is 5.92 Å². The number of nitrogens with zero attached hydrogens (tertiary/aromatic N) is 2. The van der Waals surface area contributed by atoms with Crippen molar-refractivity contribution in [2.24, 2.45) is 5.92 Å². The first-order valence-corrected chi connectivity index (χ1v) is 12.7. The molecule has 1 saturated heterocycles. The number of anilines is 1. The first-order chi connectivity index (χ1) is 14.7. The van der Waals surface area contributed by atoms with Gasteiger partial charge in [-0.2, -0.15) is 4.31 Å².